The molecular weight excluding hydrogens is 340 g/mol. The van der Waals surface area contributed by atoms with Crippen LogP contribution in [-0.2, 0) is 21.2 Å². The van der Waals surface area contributed by atoms with Crippen molar-refractivity contribution in [2.24, 2.45) is 0 Å². The summed E-state index contributed by atoms with van der Waals surface area (Å²) in [6.07, 6.45) is -8.08. The first-order chi connectivity index (χ1) is 10.5. The van der Waals surface area contributed by atoms with E-state index in [2.05, 4.69) is 4.74 Å². The van der Waals surface area contributed by atoms with Gasteiger partial charge in [0.1, 0.15) is 11.5 Å². The quantitative estimate of drug-likeness (QED) is 0.472. The Kier molecular flexibility index (Phi) is 6.06. The van der Waals surface area contributed by atoms with Crippen LogP contribution in [0.25, 0.3) is 0 Å². The predicted octanol–water partition coefficient (Wildman–Crippen LogP) is 1.34. The number of esters is 1. The van der Waals surface area contributed by atoms with Crippen molar-refractivity contribution in [1.29, 1.82) is 0 Å². The monoisotopic (exact) mass is 352 g/mol. The molecule has 0 saturated heterocycles. The van der Waals surface area contributed by atoms with Gasteiger partial charge in [-0.25, -0.2) is 4.79 Å². The van der Waals surface area contributed by atoms with Gasteiger partial charge in [0, 0.05) is 0 Å². The Morgan fingerprint density at radius 1 is 1.39 bits per heavy atom. The van der Waals surface area contributed by atoms with Gasteiger partial charge in [0.2, 0.25) is 6.10 Å². The van der Waals surface area contributed by atoms with Gasteiger partial charge in [0.15, 0.2) is 0 Å². The van der Waals surface area contributed by atoms with Crippen LogP contribution < -0.4 is 4.74 Å². The molecule has 126 valence electrons. The molecule has 1 rings (SSSR count). The summed E-state index contributed by atoms with van der Waals surface area (Å²) >= 11 is 0. The highest BCUT2D eigenvalue weighted by atomic mass is 32.2. The zero-order valence-electron chi connectivity index (χ0n) is 11.8. The topological polar surface area (TPSA) is 89.9 Å². The molecule has 0 heterocycles. The Morgan fingerprint density at radius 3 is 2.43 bits per heavy atom. The molecule has 11 heteroatoms. The average Bonchev–Trinajstić information content (AvgIpc) is 2.43. The molecule has 0 amide bonds. The van der Waals surface area contributed by atoms with Gasteiger partial charge in [0.05, 0.1) is 20.5 Å². The van der Waals surface area contributed by atoms with E-state index in [0.717, 1.165) is 12.1 Å². The first-order valence-corrected chi connectivity index (χ1v) is 7.68. The van der Waals surface area contributed by atoms with Gasteiger partial charge in [-0.15, -0.1) is 0 Å². The van der Waals surface area contributed by atoms with Gasteiger partial charge < -0.3 is 9.47 Å². The fourth-order valence-corrected chi connectivity index (χ4v) is 2.26. The number of halogens is 3. The lowest BCUT2D eigenvalue weighted by molar-refractivity contribution is -0.197. The second-order valence-corrected chi connectivity index (χ2v) is 5.91. The summed E-state index contributed by atoms with van der Waals surface area (Å²) in [6, 6.07) is 3.64. The molecule has 0 aromatic heterocycles. The minimum absolute atomic E-state index is 0.0758. The minimum Gasteiger partial charge on any atom is -0.496 e. The maximum Gasteiger partial charge on any atom is 0.426 e. The maximum absolute atomic E-state index is 12.7. The van der Waals surface area contributed by atoms with Crippen LogP contribution in [-0.4, -0.2) is 51.9 Å². The van der Waals surface area contributed by atoms with Crippen LogP contribution >= 0.6 is 0 Å². The number of carbonyl (C=O) groups is 1. The van der Waals surface area contributed by atoms with Gasteiger partial charge in [0.25, 0.3) is 10.1 Å². The van der Waals surface area contributed by atoms with Crippen molar-refractivity contribution in [3.05, 3.63) is 29.3 Å². The van der Waals surface area contributed by atoms with Crippen molar-refractivity contribution in [1.82, 2.24) is 0 Å². The Morgan fingerprint density at radius 2 is 2.00 bits per heavy atom. The zero-order valence-corrected chi connectivity index (χ0v) is 12.6. The van der Waals surface area contributed by atoms with Crippen molar-refractivity contribution in [3.63, 3.8) is 0 Å². The summed E-state index contributed by atoms with van der Waals surface area (Å²) in [7, 11) is 1.70. The molecule has 1 atom stereocenters. The predicted molar refractivity (Wildman–Crippen MR) is 74.1 cm³/mol. The summed E-state index contributed by atoms with van der Waals surface area (Å²) < 4.78 is 77.0. The summed E-state index contributed by atoms with van der Waals surface area (Å²) in [5.74, 6) is -3.04. The number of hydrogen-bond acceptors (Lipinski definition) is 5. The highest BCUT2D eigenvalue weighted by Gasteiger charge is 2.45. The molecule has 0 aliphatic carbocycles. The fourth-order valence-electron chi connectivity index (χ4n) is 1.62. The second-order valence-electron chi connectivity index (χ2n) is 4.41. The van der Waals surface area contributed by atoms with Crippen LogP contribution in [0.2, 0.25) is 0 Å². The van der Waals surface area contributed by atoms with E-state index in [-0.39, 0.29) is 17.6 Å². The third kappa shape index (κ3) is 5.75. The van der Waals surface area contributed by atoms with Gasteiger partial charge >= 0.3 is 12.1 Å². The van der Waals surface area contributed by atoms with E-state index in [1.54, 1.807) is 0 Å². The van der Waals surface area contributed by atoms with Gasteiger partial charge in [-0.2, -0.15) is 21.6 Å². The Balaban J connectivity index is 3.03. The first-order valence-electron chi connectivity index (χ1n) is 6.07. The summed E-state index contributed by atoms with van der Waals surface area (Å²) in [5, 5.41) is 0. The first kappa shape index (κ1) is 19.3. The van der Waals surface area contributed by atoms with Crippen molar-refractivity contribution in [2.75, 3.05) is 12.9 Å². The molecule has 1 N–H and O–H groups in total. The maximum atomic E-state index is 12.7. The summed E-state index contributed by atoms with van der Waals surface area (Å²) in [6.45, 7) is 0. The van der Waals surface area contributed by atoms with Crippen molar-refractivity contribution in [2.45, 2.75) is 18.6 Å². The smallest absolute Gasteiger partial charge is 0.426 e. The highest BCUT2D eigenvalue weighted by Crippen LogP contribution is 2.26. The number of methoxy groups -OCH3 is 1. The average molecular weight is 352 g/mol. The van der Waals surface area contributed by atoms with E-state index in [1.807, 2.05) is 0 Å². The molecule has 1 aromatic rings. The number of alkyl halides is 3. The lowest BCUT2D eigenvalue weighted by Crippen LogP contribution is -2.39. The number of benzene rings is 1. The van der Waals surface area contributed by atoms with Gasteiger partial charge in [-0.1, -0.05) is 12.4 Å². The van der Waals surface area contributed by atoms with E-state index in [0.29, 0.717) is 5.56 Å². The van der Waals surface area contributed by atoms with E-state index in [1.165, 1.54) is 13.2 Å². The highest BCUT2D eigenvalue weighted by molar-refractivity contribution is 7.85. The lowest BCUT2D eigenvalue weighted by Gasteiger charge is -2.19. The minimum atomic E-state index is -5.16. The summed E-state index contributed by atoms with van der Waals surface area (Å²) in [4.78, 5) is 11.8. The van der Waals surface area contributed by atoms with E-state index < -0.39 is 34.1 Å². The number of ether oxygens (including phenoxy) is 2. The third-order valence-corrected chi connectivity index (χ3v) is 3.44. The largest absolute Gasteiger partial charge is 0.496 e. The van der Waals surface area contributed by atoms with Crippen LogP contribution in [0.1, 0.15) is 15.9 Å². The van der Waals surface area contributed by atoms with Crippen molar-refractivity contribution >= 4 is 23.9 Å². The van der Waals surface area contributed by atoms with Gasteiger partial charge in [-0.05, 0) is 17.7 Å². The molecule has 0 aliphatic heterocycles. The molecule has 1 aromatic carbocycles. The fraction of sp³-hybridized carbons (Fsp3) is 0.417. The van der Waals surface area contributed by atoms with E-state index >= 15 is 0 Å². The molecule has 0 saturated carbocycles. The van der Waals surface area contributed by atoms with Crippen LogP contribution in [0.3, 0.4) is 0 Å². The Labute approximate surface area is 131 Å². The number of hydrogen-bond donors (Lipinski definition) is 1. The van der Waals surface area contributed by atoms with Crippen molar-refractivity contribution in [3.8, 4) is 5.75 Å². The SMILES string of the molecule is [B]Cc1ccc(C(=O)OC(CS(=O)(=O)O)C(F)(F)F)cc1OC. The molecule has 1 unspecified atom stereocenters. The van der Waals surface area contributed by atoms with Crippen LogP contribution in [0.15, 0.2) is 18.2 Å². The molecule has 0 bridgehead atoms. The molecule has 0 aliphatic rings. The van der Waals surface area contributed by atoms with Crippen molar-refractivity contribution < 1.29 is 40.4 Å². The Bertz CT molecular complexity index is 674. The van der Waals surface area contributed by atoms with E-state index in [4.69, 9.17) is 17.1 Å². The van der Waals surface area contributed by atoms with Crippen LogP contribution in [0.5, 0.6) is 5.75 Å². The zero-order chi connectivity index (χ0) is 17.8. The van der Waals surface area contributed by atoms with Crippen LogP contribution in [0, 0.1) is 0 Å². The molecule has 0 spiro atoms. The molecule has 0 fully saturated rings. The summed E-state index contributed by atoms with van der Waals surface area (Å²) in [5.41, 5.74) is 0.220. The normalized spacial score (nSPS) is 13.4. The molecule has 23 heavy (non-hydrogen) atoms. The molecule has 6 nitrogen and oxygen atoms in total. The molecule has 2 radical (unpaired) electrons. The van der Waals surface area contributed by atoms with Crippen LogP contribution in [0.4, 0.5) is 13.2 Å². The standard InChI is InChI=1S/C12H12BF3O6S/c1-21-9-4-7(2-3-8(9)5-13)11(17)22-10(12(14,15)16)6-23(18,19)20/h2-4,10H,5-6H2,1H3,(H,18,19,20). The molecular formula is C12H12BF3O6S. The van der Waals surface area contributed by atoms with Gasteiger partial charge in [-0.3, -0.25) is 4.55 Å². The lowest BCUT2D eigenvalue weighted by atomic mass is 9.95. The second kappa shape index (κ2) is 7.22. The Hall–Kier alpha value is -1.75. The van der Waals surface area contributed by atoms with E-state index in [9.17, 15) is 26.4 Å². The number of carbonyl (C=O) groups excluding carboxylic acids is 1. The number of rotatable bonds is 6. The third-order valence-electron chi connectivity index (χ3n) is 2.72.